The molecule has 106 valence electrons. The molecule has 0 fully saturated rings. The summed E-state index contributed by atoms with van der Waals surface area (Å²) in [6.45, 7) is 7.58. The fraction of sp³-hybridized carbons (Fsp3) is 0.462. The minimum Gasteiger partial charge on any atom is -0.488 e. The predicted molar refractivity (Wildman–Crippen MR) is 78.0 cm³/mol. The molecule has 0 atom stereocenters. The number of amides is 1. The third-order valence-electron chi connectivity index (χ3n) is 2.09. The van der Waals surface area contributed by atoms with Crippen LogP contribution in [0.1, 0.15) is 38.1 Å². The first-order chi connectivity index (χ1) is 8.81. The van der Waals surface area contributed by atoms with Crippen LogP contribution in [-0.2, 0) is 0 Å². The molecule has 0 bridgehead atoms. The van der Waals surface area contributed by atoms with Crippen molar-refractivity contribution < 1.29 is 9.53 Å². The average molecular weight is 305 g/mol. The van der Waals surface area contributed by atoms with E-state index >= 15 is 0 Å². The topological polar surface area (TPSA) is 50.4 Å². The van der Waals surface area contributed by atoms with Gasteiger partial charge >= 0.3 is 0 Å². The first-order valence-corrected chi connectivity index (χ1v) is 6.78. The minimum atomic E-state index is -0.298. The maximum Gasteiger partial charge on any atom is 0.265 e. The molecule has 0 aliphatic carbocycles. The zero-order valence-electron chi connectivity index (χ0n) is 11.4. The Kier molecular flexibility index (Phi) is 5.91. The molecule has 4 nitrogen and oxygen atoms in total. The van der Waals surface area contributed by atoms with Crippen molar-refractivity contribution in [3.05, 3.63) is 27.7 Å². The highest BCUT2D eigenvalue weighted by atomic mass is 35.5. The Hall–Kier alpha value is -0.970. The second-order valence-corrected chi connectivity index (χ2v) is 5.50. The fourth-order valence-corrected chi connectivity index (χ4v) is 1.90. The number of hydrogen-bond acceptors (Lipinski definition) is 3. The van der Waals surface area contributed by atoms with Gasteiger partial charge in [-0.05, 0) is 39.8 Å². The molecule has 1 aromatic rings. The van der Waals surface area contributed by atoms with E-state index in [1.54, 1.807) is 0 Å². The minimum absolute atomic E-state index is 0.0442. The van der Waals surface area contributed by atoms with Crippen LogP contribution in [0.5, 0.6) is 5.75 Å². The highest BCUT2D eigenvalue weighted by molar-refractivity contribution is 6.37. The number of benzene rings is 1. The van der Waals surface area contributed by atoms with Gasteiger partial charge in [0.2, 0.25) is 0 Å². The van der Waals surface area contributed by atoms with Crippen molar-refractivity contribution in [2.75, 3.05) is 0 Å². The number of hydrazine groups is 1. The second-order valence-electron chi connectivity index (χ2n) is 4.69. The first-order valence-electron chi connectivity index (χ1n) is 6.02. The van der Waals surface area contributed by atoms with Crippen LogP contribution in [0.2, 0.25) is 10.0 Å². The molecule has 0 aliphatic rings. The SMILES string of the molecule is CC(C)NNC(=O)c1cc(Cl)c(OC(C)C)c(Cl)c1. The summed E-state index contributed by atoms with van der Waals surface area (Å²) in [6, 6.07) is 3.20. The molecule has 0 unspecified atom stereocenters. The lowest BCUT2D eigenvalue weighted by Crippen LogP contribution is -2.41. The molecule has 0 aliphatic heterocycles. The van der Waals surface area contributed by atoms with Gasteiger partial charge in [0.05, 0.1) is 16.1 Å². The van der Waals surface area contributed by atoms with Gasteiger partial charge in [-0.3, -0.25) is 10.2 Å². The molecule has 0 aromatic heterocycles. The molecule has 2 N–H and O–H groups in total. The summed E-state index contributed by atoms with van der Waals surface area (Å²) in [5, 5.41) is 0.631. The number of rotatable bonds is 5. The summed E-state index contributed by atoms with van der Waals surface area (Å²) < 4.78 is 5.50. The van der Waals surface area contributed by atoms with Gasteiger partial charge in [-0.2, -0.15) is 0 Å². The Bertz CT molecular complexity index is 439. The summed E-state index contributed by atoms with van der Waals surface area (Å²) in [7, 11) is 0. The Morgan fingerprint density at radius 1 is 1.16 bits per heavy atom. The average Bonchev–Trinajstić information content (AvgIpc) is 2.30. The lowest BCUT2D eigenvalue weighted by molar-refractivity contribution is 0.0927. The summed E-state index contributed by atoms with van der Waals surface area (Å²) in [5.41, 5.74) is 5.75. The van der Waals surface area contributed by atoms with Crippen LogP contribution in [0.15, 0.2) is 12.1 Å². The Labute approximate surface area is 123 Å². The molecule has 1 aromatic carbocycles. The van der Waals surface area contributed by atoms with Crippen molar-refractivity contribution in [3.63, 3.8) is 0 Å². The lowest BCUT2D eigenvalue weighted by atomic mass is 10.2. The molecule has 0 heterocycles. The third-order valence-corrected chi connectivity index (χ3v) is 2.65. The molecular weight excluding hydrogens is 287 g/mol. The van der Waals surface area contributed by atoms with Gasteiger partial charge in [-0.25, -0.2) is 5.43 Å². The molecule has 0 radical (unpaired) electrons. The standard InChI is InChI=1S/C13H18Cl2N2O2/c1-7(2)16-17-13(18)9-5-10(14)12(11(15)6-9)19-8(3)4/h5-8,16H,1-4H3,(H,17,18). The van der Waals surface area contributed by atoms with E-state index in [0.29, 0.717) is 21.4 Å². The molecular formula is C13H18Cl2N2O2. The quantitative estimate of drug-likeness (QED) is 0.820. The molecule has 6 heteroatoms. The van der Waals surface area contributed by atoms with Crippen molar-refractivity contribution in [3.8, 4) is 5.75 Å². The van der Waals surface area contributed by atoms with E-state index < -0.39 is 0 Å². The summed E-state index contributed by atoms with van der Waals surface area (Å²) in [5.74, 6) is 0.0975. The normalized spacial score (nSPS) is 10.9. The van der Waals surface area contributed by atoms with E-state index in [-0.39, 0.29) is 18.1 Å². The van der Waals surface area contributed by atoms with Gasteiger partial charge in [0.1, 0.15) is 0 Å². The van der Waals surface area contributed by atoms with Gasteiger partial charge in [0.15, 0.2) is 5.75 Å². The molecule has 1 rings (SSSR count). The van der Waals surface area contributed by atoms with Gasteiger partial charge in [0.25, 0.3) is 5.91 Å². The molecule has 19 heavy (non-hydrogen) atoms. The van der Waals surface area contributed by atoms with Crippen LogP contribution < -0.4 is 15.6 Å². The smallest absolute Gasteiger partial charge is 0.265 e. The zero-order chi connectivity index (χ0) is 14.6. The van der Waals surface area contributed by atoms with Crippen LogP contribution in [-0.4, -0.2) is 18.1 Å². The van der Waals surface area contributed by atoms with E-state index in [9.17, 15) is 4.79 Å². The van der Waals surface area contributed by atoms with Crippen LogP contribution in [0.4, 0.5) is 0 Å². The first kappa shape index (κ1) is 16.1. The van der Waals surface area contributed by atoms with Crippen molar-refractivity contribution in [1.29, 1.82) is 0 Å². The van der Waals surface area contributed by atoms with Crippen molar-refractivity contribution in [1.82, 2.24) is 10.9 Å². The maximum absolute atomic E-state index is 11.9. The summed E-state index contributed by atoms with van der Waals surface area (Å²) >= 11 is 12.2. The van der Waals surface area contributed by atoms with Gasteiger partial charge in [-0.15, -0.1) is 0 Å². The molecule has 0 saturated carbocycles. The number of nitrogens with one attached hydrogen (secondary N) is 2. The monoisotopic (exact) mass is 304 g/mol. The third kappa shape index (κ3) is 4.90. The highest BCUT2D eigenvalue weighted by Crippen LogP contribution is 2.34. The van der Waals surface area contributed by atoms with E-state index in [1.807, 2.05) is 27.7 Å². The number of hydrogen-bond donors (Lipinski definition) is 2. The molecule has 0 spiro atoms. The van der Waals surface area contributed by atoms with E-state index in [1.165, 1.54) is 12.1 Å². The van der Waals surface area contributed by atoms with Gasteiger partial charge < -0.3 is 4.74 Å². The summed E-state index contributed by atoms with van der Waals surface area (Å²) in [4.78, 5) is 11.9. The van der Waals surface area contributed by atoms with Crippen molar-refractivity contribution in [2.24, 2.45) is 0 Å². The maximum atomic E-state index is 11.9. The van der Waals surface area contributed by atoms with Gasteiger partial charge in [0, 0.05) is 11.6 Å². The summed E-state index contributed by atoms with van der Waals surface area (Å²) in [6.07, 6.45) is -0.0442. The second kappa shape index (κ2) is 6.98. The van der Waals surface area contributed by atoms with E-state index in [4.69, 9.17) is 27.9 Å². The zero-order valence-corrected chi connectivity index (χ0v) is 12.9. The Morgan fingerprint density at radius 3 is 2.11 bits per heavy atom. The largest absolute Gasteiger partial charge is 0.488 e. The fourth-order valence-electron chi connectivity index (χ4n) is 1.32. The van der Waals surface area contributed by atoms with Crippen LogP contribution in [0, 0.1) is 0 Å². The van der Waals surface area contributed by atoms with E-state index in [2.05, 4.69) is 10.9 Å². The predicted octanol–water partition coefficient (Wildman–Crippen LogP) is 3.42. The van der Waals surface area contributed by atoms with Crippen LogP contribution >= 0.6 is 23.2 Å². The van der Waals surface area contributed by atoms with Crippen LogP contribution in [0.25, 0.3) is 0 Å². The Morgan fingerprint density at radius 2 is 1.68 bits per heavy atom. The number of halogens is 2. The highest BCUT2D eigenvalue weighted by Gasteiger charge is 2.15. The number of carbonyl (C=O) groups excluding carboxylic acids is 1. The lowest BCUT2D eigenvalue weighted by Gasteiger charge is -2.15. The number of ether oxygens (including phenoxy) is 1. The van der Waals surface area contributed by atoms with E-state index in [0.717, 1.165) is 0 Å². The van der Waals surface area contributed by atoms with Crippen molar-refractivity contribution in [2.45, 2.75) is 39.8 Å². The van der Waals surface area contributed by atoms with Gasteiger partial charge in [-0.1, -0.05) is 23.2 Å². The number of carbonyl (C=O) groups is 1. The van der Waals surface area contributed by atoms with Crippen LogP contribution in [0.3, 0.4) is 0 Å². The Balaban J connectivity index is 2.91. The molecule has 0 saturated heterocycles. The van der Waals surface area contributed by atoms with Crippen molar-refractivity contribution >= 4 is 29.1 Å². The molecule has 1 amide bonds.